The third-order valence-electron chi connectivity index (χ3n) is 5.08. The molecule has 2 aromatic carbocycles. The molecule has 2 aromatic rings. The number of nitrogens with zero attached hydrogens (tertiary/aromatic N) is 2. The van der Waals surface area contributed by atoms with Crippen LogP contribution in [0.4, 0.5) is 0 Å². The van der Waals surface area contributed by atoms with E-state index >= 15 is 0 Å². The summed E-state index contributed by atoms with van der Waals surface area (Å²) >= 11 is 0. The Kier molecular flexibility index (Phi) is 6.03. The normalized spacial score (nSPS) is 18.5. The average molecular weight is 394 g/mol. The highest BCUT2D eigenvalue weighted by molar-refractivity contribution is 6.46. The van der Waals surface area contributed by atoms with Crippen LogP contribution in [0.1, 0.15) is 22.7 Å². The molecule has 0 aliphatic carbocycles. The lowest BCUT2D eigenvalue weighted by Gasteiger charge is -2.26. The van der Waals surface area contributed by atoms with Gasteiger partial charge in [-0.1, -0.05) is 29.8 Å². The number of likely N-dealkylation sites (N-methyl/N-ethyl adjacent to an activating group) is 1. The summed E-state index contributed by atoms with van der Waals surface area (Å²) in [6.45, 7) is 2.97. The molecule has 0 aromatic heterocycles. The fourth-order valence-electron chi connectivity index (χ4n) is 3.42. The SMILES string of the molecule is COc1ccc(/C(O)=C2/C(=O)C(=O)N(CCN(C)C)C2c2ccc(C)cc2)cc1. The lowest BCUT2D eigenvalue weighted by molar-refractivity contribution is -0.140. The summed E-state index contributed by atoms with van der Waals surface area (Å²) in [4.78, 5) is 29.2. The number of aryl methyl sites for hydroxylation is 1. The lowest BCUT2D eigenvalue weighted by atomic mass is 9.94. The Morgan fingerprint density at radius 1 is 1.07 bits per heavy atom. The second kappa shape index (κ2) is 8.49. The van der Waals surface area contributed by atoms with E-state index < -0.39 is 17.7 Å². The van der Waals surface area contributed by atoms with E-state index in [-0.39, 0.29) is 11.3 Å². The molecular weight excluding hydrogens is 368 g/mol. The number of ether oxygens (including phenoxy) is 1. The predicted octanol–water partition coefficient (Wildman–Crippen LogP) is 2.99. The van der Waals surface area contributed by atoms with Crippen molar-refractivity contribution in [2.75, 3.05) is 34.3 Å². The Hall–Kier alpha value is -3.12. The first-order valence-corrected chi connectivity index (χ1v) is 9.47. The van der Waals surface area contributed by atoms with Gasteiger partial charge in [0, 0.05) is 18.7 Å². The molecule has 0 saturated carbocycles. The predicted molar refractivity (Wildman–Crippen MR) is 112 cm³/mol. The number of aliphatic hydroxyl groups is 1. The number of aliphatic hydroxyl groups excluding tert-OH is 1. The maximum absolute atomic E-state index is 12.9. The molecule has 6 nitrogen and oxygen atoms in total. The smallest absolute Gasteiger partial charge is 0.295 e. The summed E-state index contributed by atoms with van der Waals surface area (Å²) < 4.78 is 5.15. The number of amides is 1. The number of likely N-dealkylation sites (tertiary alicyclic amines) is 1. The zero-order valence-electron chi connectivity index (χ0n) is 17.2. The van der Waals surface area contributed by atoms with Crippen LogP contribution in [0.2, 0.25) is 0 Å². The van der Waals surface area contributed by atoms with Crippen molar-refractivity contribution in [3.63, 3.8) is 0 Å². The zero-order chi connectivity index (χ0) is 21.1. The third kappa shape index (κ3) is 4.17. The van der Waals surface area contributed by atoms with Crippen LogP contribution < -0.4 is 4.74 Å². The number of carbonyl (C=O) groups excluding carboxylic acids is 2. The van der Waals surface area contributed by atoms with Crippen molar-refractivity contribution in [3.05, 3.63) is 70.8 Å². The fourth-order valence-corrected chi connectivity index (χ4v) is 3.42. The Morgan fingerprint density at radius 3 is 2.24 bits per heavy atom. The minimum Gasteiger partial charge on any atom is -0.507 e. The van der Waals surface area contributed by atoms with Crippen LogP contribution in [0.3, 0.4) is 0 Å². The second-order valence-corrected chi connectivity index (χ2v) is 7.43. The van der Waals surface area contributed by atoms with Crippen LogP contribution in [0.5, 0.6) is 5.75 Å². The van der Waals surface area contributed by atoms with Crippen molar-refractivity contribution < 1.29 is 19.4 Å². The maximum atomic E-state index is 12.9. The van der Waals surface area contributed by atoms with Crippen LogP contribution in [0.25, 0.3) is 5.76 Å². The molecule has 1 fully saturated rings. The number of hydrogen-bond donors (Lipinski definition) is 1. The largest absolute Gasteiger partial charge is 0.507 e. The standard InChI is InChI=1S/C23H26N2O4/c1-15-5-7-16(8-6-15)20-19(21(26)17-9-11-18(29-4)12-10-17)22(27)23(28)25(20)14-13-24(2)3/h5-12,20,26H,13-14H2,1-4H3/b21-19-. The molecule has 1 heterocycles. The summed E-state index contributed by atoms with van der Waals surface area (Å²) in [7, 11) is 5.38. The van der Waals surface area contributed by atoms with Crippen LogP contribution in [-0.4, -0.2) is 60.9 Å². The van der Waals surface area contributed by atoms with Gasteiger partial charge in [0.25, 0.3) is 11.7 Å². The van der Waals surface area contributed by atoms with Gasteiger partial charge >= 0.3 is 0 Å². The first-order valence-electron chi connectivity index (χ1n) is 9.47. The van der Waals surface area contributed by atoms with Gasteiger partial charge in [0.05, 0.1) is 18.7 Å². The van der Waals surface area contributed by atoms with E-state index in [9.17, 15) is 14.7 Å². The molecule has 0 spiro atoms. The molecule has 1 aliphatic rings. The molecule has 1 N–H and O–H groups in total. The number of Topliss-reactive ketones (excluding diaryl/α,β-unsaturated/α-hetero) is 1. The number of ketones is 1. The van der Waals surface area contributed by atoms with Crippen molar-refractivity contribution in [1.82, 2.24) is 9.80 Å². The molecule has 1 aliphatic heterocycles. The first-order chi connectivity index (χ1) is 13.8. The Bertz CT molecular complexity index is 930. The van der Waals surface area contributed by atoms with Gasteiger partial charge in [-0.25, -0.2) is 0 Å². The molecular formula is C23H26N2O4. The summed E-state index contributed by atoms with van der Waals surface area (Å²) in [5.41, 5.74) is 2.45. The van der Waals surface area contributed by atoms with Crippen LogP contribution in [0.15, 0.2) is 54.1 Å². The minimum absolute atomic E-state index is 0.114. The summed E-state index contributed by atoms with van der Waals surface area (Å²) in [6.07, 6.45) is 0. The van der Waals surface area contributed by atoms with Gasteiger partial charge in [-0.15, -0.1) is 0 Å². The van der Waals surface area contributed by atoms with E-state index in [4.69, 9.17) is 4.74 Å². The molecule has 3 rings (SSSR count). The number of hydrogen-bond acceptors (Lipinski definition) is 5. The average Bonchev–Trinajstić information content (AvgIpc) is 2.97. The zero-order valence-corrected chi connectivity index (χ0v) is 17.2. The van der Waals surface area contributed by atoms with Crippen molar-refractivity contribution in [1.29, 1.82) is 0 Å². The van der Waals surface area contributed by atoms with Gasteiger partial charge in [0.1, 0.15) is 11.5 Å². The van der Waals surface area contributed by atoms with Gasteiger partial charge in [0.2, 0.25) is 0 Å². The quantitative estimate of drug-likeness (QED) is 0.463. The fraction of sp³-hybridized carbons (Fsp3) is 0.304. The minimum atomic E-state index is -0.664. The molecule has 152 valence electrons. The molecule has 1 unspecified atom stereocenters. The summed E-state index contributed by atoms with van der Waals surface area (Å²) in [6, 6.07) is 13.8. The third-order valence-corrected chi connectivity index (χ3v) is 5.08. The van der Waals surface area contributed by atoms with Crippen molar-refractivity contribution in [3.8, 4) is 5.75 Å². The molecule has 0 bridgehead atoms. The van der Waals surface area contributed by atoms with Gasteiger partial charge in [-0.3, -0.25) is 9.59 Å². The van der Waals surface area contributed by atoms with Gasteiger partial charge < -0.3 is 19.6 Å². The van der Waals surface area contributed by atoms with Crippen LogP contribution in [0, 0.1) is 6.92 Å². The Labute approximate surface area is 171 Å². The summed E-state index contributed by atoms with van der Waals surface area (Å²) in [5, 5.41) is 11.0. The molecule has 1 atom stereocenters. The maximum Gasteiger partial charge on any atom is 0.295 e. The van der Waals surface area contributed by atoms with Crippen LogP contribution in [-0.2, 0) is 9.59 Å². The van der Waals surface area contributed by atoms with Crippen molar-refractivity contribution in [2.24, 2.45) is 0 Å². The molecule has 29 heavy (non-hydrogen) atoms. The van der Waals surface area contributed by atoms with Crippen molar-refractivity contribution in [2.45, 2.75) is 13.0 Å². The van der Waals surface area contributed by atoms with E-state index in [1.165, 1.54) is 0 Å². The van der Waals surface area contributed by atoms with Crippen molar-refractivity contribution >= 4 is 17.4 Å². The number of rotatable bonds is 6. The van der Waals surface area contributed by atoms with Crippen LogP contribution >= 0.6 is 0 Å². The van der Waals surface area contributed by atoms with Gasteiger partial charge in [-0.05, 0) is 50.8 Å². The number of benzene rings is 2. The number of carbonyl (C=O) groups is 2. The van der Waals surface area contributed by atoms with Gasteiger partial charge in [-0.2, -0.15) is 0 Å². The second-order valence-electron chi connectivity index (χ2n) is 7.43. The van der Waals surface area contributed by atoms with E-state index in [1.54, 1.807) is 36.3 Å². The van der Waals surface area contributed by atoms with E-state index in [1.807, 2.05) is 50.2 Å². The van der Waals surface area contributed by atoms with E-state index in [0.717, 1.165) is 11.1 Å². The van der Waals surface area contributed by atoms with E-state index in [2.05, 4.69) is 0 Å². The monoisotopic (exact) mass is 394 g/mol. The highest BCUT2D eigenvalue weighted by atomic mass is 16.5. The van der Waals surface area contributed by atoms with E-state index in [0.29, 0.717) is 24.4 Å². The highest BCUT2D eigenvalue weighted by Gasteiger charge is 2.45. The first kappa shape index (κ1) is 20.6. The Balaban J connectivity index is 2.11. The molecule has 6 heteroatoms. The molecule has 0 radical (unpaired) electrons. The Morgan fingerprint density at radius 2 is 1.69 bits per heavy atom. The molecule has 1 amide bonds. The molecule has 1 saturated heterocycles. The lowest BCUT2D eigenvalue weighted by Crippen LogP contribution is -2.35. The highest BCUT2D eigenvalue weighted by Crippen LogP contribution is 2.39. The summed E-state index contributed by atoms with van der Waals surface area (Å²) in [5.74, 6) is -0.790. The topological polar surface area (TPSA) is 70.1 Å². The number of methoxy groups -OCH3 is 1. The van der Waals surface area contributed by atoms with Gasteiger partial charge in [0.15, 0.2) is 0 Å².